The number of sulfone groups is 1. The van der Waals surface area contributed by atoms with Gasteiger partial charge in [-0.25, -0.2) is 13.1 Å². The Hall–Kier alpha value is -3.65. The number of aromatic nitrogens is 2. The molecule has 1 heterocycles. The zero-order valence-corrected chi connectivity index (χ0v) is 17.0. The topological polar surface area (TPSA) is 104 Å². The van der Waals surface area contributed by atoms with E-state index in [4.69, 9.17) is 10.5 Å². The second kappa shape index (κ2) is 7.64. The normalized spacial score (nSPS) is 11.5. The number of benzene rings is 3. The highest BCUT2D eigenvalue weighted by Gasteiger charge is 2.19. The van der Waals surface area contributed by atoms with Gasteiger partial charge < -0.3 is 10.5 Å². The van der Waals surface area contributed by atoms with Crippen molar-refractivity contribution < 1.29 is 13.2 Å². The molecule has 3 aromatic carbocycles. The van der Waals surface area contributed by atoms with E-state index in [9.17, 15) is 13.2 Å². The second-order valence-corrected chi connectivity index (χ2v) is 8.68. The number of anilines is 1. The third-order valence-corrected chi connectivity index (χ3v) is 6.65. The number of nitrogen functional groups attached to an aromatic ring is 1. The van der Waals surface area contributed by atoms with Crippen molar-refractivity contribution in [1.29, 1.82) is 0 Å². The smallest absolute Gasteiger partial charge is 0.274 e. The molecule has 30 heavy (non-hydrogen) atoms. The molecule has 0 spiro atoms. The van der Waals surface area contributed by atoms with Crippen LogP contribution in [0.15, 0.2) is 87.5 Å². The molecule has 0 aliphatic heterocycles. The van der Waals surface area contributed by atoms with Crippen LogP contribution >= 0.6 is 0 Å². The molecule has 0 aliphatic carbocycles. The summed E-state index contributed by atoms with van der Waals surface area (Å²) in [5.74, 6) is 0.566. The Bertz CT molecular complexity index is 1390. The molecule has 4 rings (SSSR count). The molecular weight excluding hydrogens is 402 g/mol. The Labute approximate surface area is 173 Å². The van der Waals surface area contributed by atoms with Gasteiger partial charge in [0, 0.05) is 11.1 Å². The van der Waals surface area contributed by atoms with Crippen LogP contribution in [0.1, 0.15) is 5.56 Å². The average molecular weight is 421 g/mol. The van der Waals surface area contributed by atoms with Crippen molar-refractivity contribution in [2.75, 3.05) is 12.8 Å². The Balaban J connectivity index is 1.73. The molecule has 0 radical (unpaired) electrons. The molecule has 0 saturated carbocycles. The Kier molecular flexibility index (Phi) is 5.01. The number of methoxy groups -OCH3 is 1. The van der Waals surface area contributed by atoms with Crippen LogP contribution in [-0.4, -0.2) is 25.3 Å². The van der Waals surface area contributed by atoms with Gasteiger partial charge in [0.05, 0.1) is 35.0 Å². The number of hydrogen-bond donors (Lipinski definition) is 1. The highest BCUT2D eigenvalue weighted by molar-refractivity contribution is 7.91. The molecule has 8 heteroatoms. The van der Waals surface area contributed by atoms with Crippen molar-refractivity contribution in [3.63, 3.8) is 0 Å². The fourth-order valence-electron chi connectivity index (χ4n) is 3.18. The summed E-state index contributed by atoms with van der Waals surface area (Å²) in [6.07, 6.45) is 1.49. The minimum Gasteiger partial charge on any atom is -0.497 e. The van der Waals surface area contributed by atoms with E-state index in [-0.39, 0.29) is 21.9 Å². The van der Waals surface area contributed by atoms with Gasteiger partial charge in [-0.15, -0.1) is 0 Å². The molecule has 0 aliphatic rings. The minimum atomic E-state index is -3.74. The highest BCUT2D eigenvalue weighted by atomic mass is 32.2. The van der Waals surface area contributed by atoms with Gasteiger partial charge in [-0.3, -0.25) is 4.79 Å². The molecule has 2 N–H and O–H groups in total. The molecule has 152 valence electrons. The number of nitrogens with zero attached hydrogens (tertiary/aromatic N) is 2. The van der Waals surface area contributed by atoms with Crippen molar-refractivity contribution in [1.82, 2.24) is 9.78 Å². The van der Waals surface area contributed by atoms with Crippen molar-refractivity contribution >= 4 is 26.3 Å². The van der Waals surface area contributed by atoms with Crippen molar-refractivity contribution in [3.05, 3.63) is 88.8 Å². The Morgan fingerprint density at radius 3 is 2.40 bits per heavy atom. The van der Waals surface area contributed by atoms with Crippen LogP contribution in [0.4, 0.5) is 5.69 Å². The fraction of sp³-hybridized carbons (Fsp3) is 0.0909. The van der Waals surface area contributed by atoms with E-state index < -0.39 is 9.84 Å². The molecule has 0 saturated heterocycles. The van der Waals surface area contributed by atoms with Crippen LogP contribution in [0.3, 0.4) is 0 Å². The summed E-state index contributed by atoms with van der Waals surface area (Å²) in [5, 5.41) is 5.03. The lowest BCUT2D eigenvalue weighted by molar-refractivity contribution is 0.414. The highest BCUT2D eigenvalue weighted by Crippen LogP contribution is 2.25. The fourth-order valence-corrected chi connectivity index (χ4v) is 4.47. The summed E-state index contributed by atoms with van der Waals surface area (Å²) in [5.41, 5.74) is 7.00. The van der Waals surface area contributed by atoms with E-state index >= 15 is 0 Å². The Morgan fingerprint density at radius 1 is 1.00 bits per heavy atom. The Morgan fingerprint density at radius 2 is 1.70 bits per heavy atom. The molecule has 0 unspecified atom stereocenters. The van der Waals surface area contributed by atoms with E-state index in [1.54, 1.807) is 18.2 Å². The molecule has 7 nitrogen and oxygen atoms in total. The third-order valence-electron chi connectivity index (χ3n) is 4.88. The average Bonchev–Trinajstić information content (AvgIpc) is 2.77. The molecule has 0 fully saturated rings. The number of rotatable bonds is 5. The standard InChI is InChI=1S/C22H19N3O4S/c1-29-17-6-8-18(9-7-17)30(27,28)19-10-11-20-16(12-19)13-24-25(22(20)26)14-15-4-2-3-5-21(15)23/h2-13H,14,23H2,1H3. The van der Waals surface area contributed by atoms with E-state index in [0.29, 0.717) is 22.2 Å². The minimum absolute atomic E-state index is 0.0893. The lowest BCUT2D eigenvalue weighted by atomic mass is 10.1. The zero-order chi connectivity index (χ0) is 21.3. The van der Waals surface area contributed by atoms with Crippen molar-refractivity contribution in [2.45, 2.75) is 16.3 Å². The first-order valence-corrected chi connectivity index (χ1v) is 10.6. The lowest BCUT2D eigenvalue weighted by Crippen LogP contribution is -2.23. The maximum atomic E-state index is 12.9. The van der Waals surface area contributed by atoms with Gasteiger partial charge in [0.1, 0.15) is 5.75 Å². The predicted molar refractivity (Wildman–Crippen MR) is 114 cm³/mol. The van der Waals surface area contributed by atoms with Crippen LogP contribution < -0.4 is 16.0 Å². The van der Waals surface area contributed by atoms with Crippen LogP contribution in [0, 0.1) is 0 Å². The van der Waals surface area contributed by atoms with Gasteiger partial charge in [-0.2, -0.15) is 5.10 Å². The molecule has 0 bridgehead atoms. The predicted octanol–water partition coefficient (Wildman–Crippen LogP) is 2.87. The summed E-state index contributed by atoms with van der Waals surface area (Å²) in [7, 11) is -2.23. The maximum absolute atomic E-state index is 12.9. The first-order valence-electron chi connectivity index (χ1n) is 9.12. The van der Waals surface area contributed by atoms with E-state index in [0.717, 1.165) is 5.56 Å². The molecule has 4 aromatic rings. The maximum Gasteiger partial charge on any atom is 0.274 e. The summed E-state index contributed by atoms with van der Waals surface area (Å²) in [6.45, 7) is 0.230. The van der Waals surface area contributed by atoms with Crippen LogP contribution in [0.5, 0.6) is 5.75 Å². The van der Waals surface area contributed by atoms with Crippen molar-refractivity contribution in [2.24, 2.45) is 0 Å². The van der Waals surface area contributed by atoms with Gasteiger partial charge in [0.2, 0.25) is 9.84 Å². The SMILES string of the molecule is COc1ccc(S(=O)(=O)c2ccc3c(=O)n(Cc4ccccc4N)ncc3c2)cc1. The van der Waals surface area contributed by atoms with Crippen LogP contribution in [0.2, 0.25) is 0 Å². The van der Waals surface area contributed by atoms with Gasteiger partial charge in [-0.1, -0.05) is 18.2 Å². The van der Waals surface area contributed by atoms with E-state index in [1.807, 2.05) is 18.2 Å². The summed E-state index contributed by atoms with van der Waals surface area (Å²) >= 11 is 0. The first-order chi connectivity index (χ1) is 14.4. The molecule has 0 atom stereocenters. The van der Waals surface area contributed by atoms with Crippen molar-refractivity contribution in [3.8, 4) is 5.75 Å². The summed E-state index contributed by atoms with van der Waals surface area (Å²) < 4.78 is 32.3. The quantitative estimate of drug-likeness (QED) is 0.497. The van der Waals surface area contributed by atoms with Crippen LogP contribution in [0.25, 0.3) is 10.8 Å². The van der Waals surface area contributed by atoms with E-state index in [1.165, 1.54) is 48.3 Å². The summed E-state index contributed by atoms with van der Waals surface area (Å²) in [4.78, 5) is 13.1. The molecule has 1 aromatic heterocycles. The van der Waals surface area contributed by atoms with Gasteiger partial charge in [0.25, 0.3) is 5.56 Å². The lowest BCUT2D eigenvalue weighted by Gasteiger charge is -2.10. The summed E-state index contributed by atoms with van der Waals surface area (Å²) in [6, 6.07) is 17.8. The van der Waals surface area contributed by atoms with Gasteiger partial charge in [-0.05, 0) is 54.1 Å². The largest absolute Gasteiger partial charge is 0.497 e. The van der Waals surface area contributed by atoms with Gasteiger partial charge >= 0.3 is 0 Å². The molecule has 0 amide bonds. The van der Waals surface area contributed by atoms with Gasteiger partial charge in [0.15, 0.2) is 0 Å². The third kappa shape index (κ3) is 3.53. The molecular formula is C22H19N3O4S. The number of nitrogens with two attached hydrogens (primary N) is 1. The number of fused-ring (bicyclic) bond motifs is 1. The van der Waals surface area contributed by atoms with E-state index in [2.05, 4.69) is 5.10 Å². The monoisotopic (exact) mass is 421 g/mol. The van der Waals surface area contributed by atoms with Crippen LogP contribution in [-0.2, 0) is 16.4 Å². The first kappa shape index (κ1) is 19.7. The second-order valence-electron chi connectivity index (χ2n) is 6.73. The number of ether oxygens (including phenoxy) is 1. The number of hydrogen-bond acceptors (Lipinski definition) is 6. The zero-order valence-electron chi connectivity index (χ0n) is 16.1. The number of para-hydroxylation sites is 1.